The van der Waals surface area contributed by atoms with Crippen molar-refractivity contribution >= 4 is 29.3 Å². The van der Waals surface area contributed by atoms with Gasteiger partial charge in [-0.1, -0.05) is 23.4 Å². The molecule has 3 rings (SSSR count). The van der Waals surface area contributed by atoms with E-state index in [-0.39, 0.29) is 10.7 Å². The van der Waals surface area contributed by atoms with Crippen molar-refractivity contribution in [3.63, 3.8) is 0 Å². The summed E-state index contributed by atoms with van der Waals surface area (Å²) in [5, 5.41) is 9.78. The summed E-state index contributed by atoms with van der Waals surface area (Å²) < 4.78 is 10.9. The fourth-order valence-corrected chi connectivity index (χ4v) is 2.99. The highest BCUT2D eigenvalue weighted by atomic mass is 35.5. The number of rotatable bonds is 3. The molecule has 0 saturated carbocycles. The zero-order chi connectivity index (χ0) is 14.8. The van der Waals surface area contributed by atoms with E-state index in [0.29, 0.717) is 29.7 Å². The van der Waals surface area contributed by atoms with E-state index in [0.717, 1.165) is 4.90 Å². The molecule has 108 valence electrons. The van der Waals surface area contributed by atoms with Crippen LogP contribution in [0.5, 0.6) is 11.5 Å². The Morgan fingerprint density at radius 2 is 1.95 bits per heavy atom. The highest BCUT2D eigenvalue weighted by Gasteiger charge is 2.16. The summed E-state index contributed by atoms with van der Waals surface area (Å²) in [5.41, 5.74) is 0.110. The van der Waals surface area contributed by atoms with Gasteiger partial charge in [-0.2, -0.15) is 0 Å². The summed E-state index contributed by atoms with van der Waals surface area (Å²) in [7, 11) is 0. The molecule has 0 saturated heterocycles. The molecule has 0 aliphatic carbocycles. The molecule has 0 fully saturated rings. The molecule has 5 nitrogen and oxygen atoms in total. The Morgan fingerprint density at radius 1 is 1.19 bits per heavy atom. The van der Waals surface area contributed by atoms with Gasteiger partial charge in [0.2, 0.25) is 0 Å². The number of hydrogen-bond acceptors (Lipinski definition) is 5. The first-order chi connectivity index (χ1) is 10.1. The fourth-order valence-electron chi connectivity index (χ4n) is 1.86. The maximum atomic E-state index is 11.2. The van der Waals surface area contributed by atoms with Gasteiger partial charge in [-0.25, -0.2) is 9.78 Å². The number of hydrogen-bond donors (Lipinski definition) is 1. The molecule has 1 aliphatic heterocycles. The summed E-state index contributed by atoms with van der Waals surface area (Å²) in [6.45, 7) is 1.02. The van der Waals surface area contributed by atoms with Gasteiger partial charge in [-0.05, 0) is 30.3 Å². The largest absolute Gasteiger partial charge is 0.486 e. The van der Waals surface area contributed by atoms with E-state index in [1.54, 1.807) is 12.1 Å². The quantitative estimate of drug-likeness (QED) is 0.874. The Hall–Kier alpha value is -1.92. The molecular formula is C14H10ClNO4S. The number of pyridine rings is 1. The summed E-state index contributed by atoms with van der Waals surface area (Å²) in [4.78, 5) is 16.1. The molecule has 7 heteroatoms. The van der Waals surface area contributed by atoms with Crippen molar-refractivity contribution in [1.29, 1.82) is 0 Å². The normalized spacial score (nSPS) is 13.0. The molecule has 2 heterocycles. The Morgan fingerprint density at radius 3 is 2.71 bits per heavy atom. The summed E-state index contributed by atoms with van der Waals surface area (Å²) in [6, 6.07) is 8.32. The molecule has 0 spiro atoms. The first-order valence-electron chi connectivity index (χ1n) is 6.11. The van der Waals surface area contributed by atoms with Crippen LogP contribution in [0.3, 0.4) is 0 Å². The maximum absolute atomic E-state index is 11.2. The Kier molecular flexibility index (Phi) is 3.90. The van der Waals surface area contributed by atoms with E-state index >= 15 is 0 Å². The SMILES string of the molecule is O=C(O)c1ccc(Cl)nc1Sc1ccc2c(c1)OCCO2. The number of ether oxygens (including phenoxy) is 2. The van der Waals surface area contributed by atoms with E-state index in [1.165, 1.54) is 23.9 Å². The van der Waals surface area contributed by atoms with E-state index < -0.39 is 5.97 Å². The minimum Gasteiger partial charge on any atom is -0.486 e. The molecule has 1 aliphatic rings. The molecule has 1 N–H and O–H groups in total. The lowest BCUT2D eigenvalue weighted by Crippen LogP contribution is -2.15. The lowest BCUT2D eigenvalue weighted by atomic mass is 10.3. The Labute approximate surface area is 129 Å². The number of benzene rings is 1. The molecule has 2 aromatic rings. The van der Waals surface area contributed by atoms with Crippen molar-refractivity contribution < 1.29 is 19.4 Å². The van der Waals surface area contributed by atoms with Crippen molar-refractivity contribution in [2.45, 2.75) is 9.92 Å². The minimum atomic E-state index is -1.04. The second-order valence-corrected chi connectivity index (χ2v) is 5.65. The third kappa shape index (κ3) is 3.06. The lowest BCUT2D eigenvalue weighted by Gasteiger charge is -2.18. The number of carboxylic acids is 1. The standard InChI is InChI=1S/C14H10ClNO4S/c15-12-4-2-9(14(17)18)13(16-12)21-8-1-3-10-11(7-8)20-6-5-19-10/h1-4,7H,5-6H2,(H,17,18). The van der Waals surface area contributed by atoms with Crippen LogP contribution >= 0.6 is 23.4 Å². The number of halogens is 1. The van der Waals surface area contributed by atoms with Crippen LogP contribution in [-0.2, 0) is 0 Å². The topological polar surface area (TPSA) is 68.7 Å². The molecule has 1 aromatic heterocycles. The molecule has 0 amide bonds. The Bertz CT molecular complexity index is 707. The van der Waals surface area contributed by atoms with E-state index in [4.69, 9.17) is 21.1 Å². The van der Waals surface area contributed by atoms with Crippen LogP contribution in [0.4, 0.5) is 0 Å². The van der Waals surface area contributed by atoms with Crippen LogP contribution in [0.2, 0.25) is 5.15 Å². The van der Waals surface area contributed by atoms with E-state index in [2.05, 4.69) is 4.98 Å². The first-order valence-corrected chi connectivity index (χ1v) is 7.30. The predicted molar refractivity (Wildman–Crippen MR) is 77.8 cm³/mol. The first kappa shape index (κ1) is 14.0. The van der Waals surface area contributed by atoms with Gasteiger partial charge in [0.15, 0.2) is 11.5 Å². The number of nitrogens with zero attached hydrogens (tertiary/aromatic N) is 1. The molecule has 0 bridgehead atoms. The van der Waals surface area contributed by atoms with Crippen molar-refractivity contribution in [3.05, 3.63) is 41.0 Å². The third-order valence-corrected chi connectivity index (χ3v) is 3.99. The van der Waals surface area contributed by atoms with Crippen molar-refractivity contribution in [1.82, 2.24) is 4.98 Å². The van der Waals surface area contributed by atoms with Crippen LogP contribution < -0.4 is 9.47 Å². The van der Waals surface area contributed by atoms with Gasteiger partial charge in [0.05, 0.1) is 5.56 Å². The van der Waals surface area contributed by atoms with Crippen LogP contribution in [0.25, 0.3) is 0 Å². The van der Waals surface area contributed by atoms with Gasteiger partial charge in [0.1, 0.15) is 23.4 Å². The average molecular weight is 324 g/mol. The van der Waals surface area contributed by atoms with Gasteiger partial charge >= 0.3 is 5.97 Å². The maximum Gasteiger partial charge on any atom is 0.338 e. The average Bonchev–Trinajstić information content (AvgIpc) is 2.47. The predicted octanol–water partition coefficient (Wildman–Crippen LogP) is 3.36. The third-order valence-electron chi connectivity index (χ3n) is 2.78. The molecule has 1 aromatic carbocycles. The smallest absolute Gasteiger partial charge is 0.338 e. The second-order valence-electron chi connectivity index (χ2n) is 4.20. The molecule has 21 heavy (non-hydrogen) atoms. The van der Waals surface area contributed by atoms with Crippen molar-refractivity contribution in [2.75, 3.05) is 13.2 Å². The van der Waals surface area contributed by atoms with E-state index in [9.17, 15) is 9.90 Å². The number of carboxylic acid groups (broad SMARTS) is 1. The van der Waals surface area contributed by atoms with Gasteiger partial charge in [0, 0.05) is 4.90 Å². The molecule has 0 atom stereocenters. The molecule has 0 radical (unpaired) electrons. The lowest BCUT2D eigenvalue weighted by molar-refractivity contribution is 0.0692. The van der Waals surface area contributed by atoms with Gasteiger partial charge < -0.3 is 14.6 Å². The van der Waals surface area contributed by atoms with Gasteiger partial charge in [-0.15, -0.1) is 0 Å². The fraction of sp³-hybridized carbons (Fsp3) is 0.143. The number of carbonyl (C=O) groups is 1. The molecular weight excluding hydrogens is 314 g/mol. The van der Waals surface area contributed by atoms with Gasteiger partial charge in [0.25, 0.3) is 0 Å². The zero-order valence-electron chi connectivity index (χ0n) is 10.7. The van der Waals surface area contributed by atoms with Crippen LogP contribution in [0.1, 0.15) is 10.4 Å². The number of aromatic carboxylic acids is 1. The summed E-state index contributed by atoms with van der Waals surface area (Å²) in [6.07, 6.45) is 0. The highest BCUT2D eigenvalue weighted by Crippen LogP contribution is 2.37. The Balaban J connectivity index is 1.93. The minimum absolute atomic E-state index is 0.110. The summed E-state index contributed by atoms with van der Waals surface area (Å²) in [5.74, 6) is 0.285. The monoisotopic (exact) mass is 323 g/mol. The molecule has 0 unspecified atom stereocenters. The summed E-state index contributed by atoms with van der Waals surface area (Å²) >= 11 is 7.06. The van der Waals surface area contributed by atoms with Crippen molar-refractivity contribution in [3.8, 4) is 11.5 Å². The number of fused-ring (bicyclic) bond motifs is 1. The van der Waals surface area contributed by atoms with Crippen molar-refractivity contribution in [2.24, 2.45) is 0 Å². The van der Waals surface area contributed by atoms with E-state index in [1.807, 2.05) is 6.07 Å². The zero-order valence-corrected chi connectivity index (χ0v) is 12.3. The number of aromatic nitrogens is 1. The highest BCUT2D eigenvalue weighted by molar-refractivity contribution is 7.99. The van der Waals surface area contributed by atoms with Crippen LogP contribution in [0, 0.1) is 0 Å². The van der Waals surface area contributed by atoms with Gasteiger partial charge in [-0.3, -0.25) is 0 Å². The van der Waals surface area contributed by atoms with Crippen LogP contribution in [0.15, 0.2) is 40.3 Å². The van der Waals surface area contributed by atoms with Crippen LogP contribution in [-0.4, -0.2) is 29.3 Å². The second kappa shape index (κ2) is 5.83.